The van der Waals surface area contributed by atoms with Crippen molar-refractivity contribution >= 4 is 52.7 Å². The number of pyridine rings is 1. The highest BCUT2D eigenvalue weighted by molar-refractivity contribution is 6.41. The maximum Gasteiger partial charge on any atom is 0.397 e. The second-order valence-electron chi connectivity index (χ2n) is 17.4. The van der Waals surface area contributed by atoms with Crippen LogP contribution in [-0.4, -0.2) is 91.6 Å². The van der Waals surface area contributed by atoms with Crippen LogP contribution in [0.5, 0.6) is 11.5 Å². The van der Waals surface area contributed by atoms with Gasteiger partial charge in [-0.25, -0.2) is 19.4 Å². The van der Waals surface area contributed by atoms with E-state index >= 15 is 4.79 Å². The molecule has 1 heterocycles. The highest BCUT2D eigenvalue weighted by Gasteiger charge is 2.43. The van der Waals surface area contributed by atoms with Crippen LogP contribution in [0.25, 0.3) is 0 Å². The molecule has 0 aliphatic heterocycles. The third-order valence-electron chi connectivity index (χ3n) is 10.9. The molecule has 2 aromatic carbocycles. The van der Waals surface area contributed by atoms with E-state index in [1.807, 2.05) is 25.7 Å². The molecule has 3 aromatic rings. The Hall–Kier alpha value is -5.99. The zero-order chi connectivity index (χ0) is 49.5. The van der Waals surface area contributed by atoms with E-state index in [0.717, 1.165) is 30.6 Å². The average Bonchev–Trinajstić information content (AvgIpc) is 3.29. The number of rotatable bonds is 28. The summed E-state index contributed by atoms with van der Waals surface area (Å²) in [6, 6.07) is 11.4. The van der Waals surface area contributed by atoms with Gasteiger partial charge in [-0.05, 0) is 104 Å². The summed E-state index contributed by atoms with van der Waals surface area (Å²) in [5.74, 6) is -5.40. The number of aryl methyl sites for hydroxylation is 1. The van der Waals surface area contributed by atoms with Crippen LogP contribution >= 0.6 is 0 Å². The summed E-state index contributed by atoms with van der Waals surface area (Å²) in [6.07, 6.45) is 11.5. The SMILES string of the molecule is CCCCCCCCCCCCOC(=O)C(C)OC(=O)c1ccc(OCCCC)c(NC(=O)C(C(=O)c2ccccc2OC)N(C(=O)C(=O)OC(C)(C)C)c2ccc(N(CC)CC)nc2C)c1. The zero-order valence-electron chi connectivity index (χ0n) is 41.5. The van der Waals surface area contributed by atoms with Crippen molar-refractivity contribution < 1.29 is 52.5 Å². The molecule has 0 radical (unpaired) electrons. The largest absolute Gasteiger partial charge is 0.496 e. The molecule has 0 bridgehead atoms. The Bertz CT molecular complexity index is 2100. The predicted octanol–water partition coefficient (Wildman–Crippen LogP) is 10.00. The molecular formula is C52H74N4O11. The van der Waals surface area contributed by atoms with Crippen LogP contribution in [0.3, 0.4) is 0 Å². The van der Waals surface area contributed by atoms with Gasteiger partial charge >= 0.3 is 23.8 Å². The Morgan fingerprint density at radius 1 is 0.746 bits per heavy atom. The van der Waals surface area contributed by atoms with E-state index in [9.17, 15) is 24.0 Å². The number of unbranched alkanes of at least 4 members (excludes halogenated alkanes) is 10. The summed E-state index contributed by atoms with van der Waals surface area (Å²) in [6.45, 7) is 17.6. The topological polar surface area (TPSA) is 180 Å². The van der Waals surface area contributed by atoms with Gasteiger partial charge < -0.3 is 33.9 Å². The lowest BCUT2D eigenvalue weighted by atomic mass is 9.99. The van der Waals surface area contributed by atoms with E-state index in [2.05, 4.69) is 12.2 Å². The summed E-state index contributed by atoms with van der Waals surface area (Å²) in [5.41, 5.74) is -1.08. The second kappa shape index (κ2) is 28.2. The van der Waals surface area contributed by atoms with Crippen molar-refractivity contribution in [2.24, 2.45) is 0 Å². The number of benzene rings is 2. The van der Waals surface area contributed by atoms with E-state index in [1.165, 1.54) is 89.0 Å². The Balaban J connectivity index is 2.02. The van der Waals surface area contributed by atoms with Gasteiger partial charge in [0, 0.05) is 13.1 Å². The first-order valence-corrected chi connectivity index (χ1v) is 23.9. The van der Waals surface area contributed by atoms with Gasteiger partial charge in [0.25, 0.3) is 5.91 Å². The summed E-state index contributed by atoms with van der Waals surface area (Å²) in [5, 5.41) is 2.72. The lowest BCUT2D eigenvalue weighted by molar-refractivity contribution is -0.162. The van der Waals surface area contributed by atoms with Crippen LogP contribution in [-0.2, 0) is 33.4 Å². The minimum absolute atomic E-state index is 0.0130. The number of hydrogen-bond acceptors (Lipinski definition) is 13. The molecule has 368 valence electrons. The van der Waals surface area contributed by atoms with Gasteiger partial charge in [-0.3, -0.25) is 19.3 Å². The maximum absolute atomic E-state index is 15.0. The first-order chi connectivity index (χ1) is 32.0. The van der Waals surface area contributed by atoms with Crippen molar-refractivity contribution in [3.63, 3.8) is 0 Å². The molecule has 1 N–H and O–H groups in total. The van der Waals surface area contributed by atoms with E-state index in [0.29, 0.717) is 31.7 Å². The monoisotopic (exact) mass is 931 g/mol. The fourth-order valence-corrected chi connectivity index (χ4v) is 7.22. The van der Waals surface area contributed by atoms with Crippen LogP contribution in [0.2, 0.25) is 0 Å². The van der Waals surface area contributed by atoms with E-state index < -0.39 is 53.3 Å². The Labute approximate surface area is 397 Å². The molecule has 2 atom stereocenters. The number of nitrogens with zero attached hydrogens (tertiary/aromatic N) is 3. The fraction of sp³-hybridized carbons (Fsp3) is 0.558. The van der Waals surface area contributed by atoms with Crippen LogP contribution in [0.4, 0.5) is 17.2 Å². The molecule has 3 rings (SSSR count). The maximum atomic E-state index is 15.0. The summed E-state index contributed by atoms with van der Waals surface area (Å²) < 4.78 is 28.0. The van der Waals surface area contributed by atoms with Gasteiger partial charge in [0.2, 0.25) is 0 Å². The minimum atomic E-state index is -2.08. The van der Waals surface area contributed by atoms with Crippen LogP contribution < -0.4 is 24.6 Å². The Morgan fingerprint density at radius 2 is 1.37 bits per heavy atom. The van der Waals surface area contributed by atoms with Crippen LogP contribution in [0.15, 0.2) is 54.6 Å². The summed E-state index contributed by atoms with van der Waals surface area (Å²) in [4.78, 5) is 92.2. The average molecular weight is 931 g/mol. The summed E-state index contributed by atoms with van der Waals surface area (Å²) >= 11 is 0. The molecule has 0 saturated carbocycles. The number of ketones is 1. The number of nitrogens with one attached hydrogen (secondary N) is 1. The first-order valence-electron chi connectivity index (χ1n) is 23.9. The van der Waals surface area contributed by atoms with Gasteiger partial charge in [-0.1, -0.05) is 90.2 Å². The van der Waals surface area contributed by atoms with Gasteiger partial charge in [-0.15, -0.1) is 0 Å². The van der Waals surface area contributed by atoms with E-state index in [4.69, 9.17) is 28.7 Å². The van der Waals surface area contributed by atoms with Crippen molar-refractivity contribution in [3.05, 3.63) is 71.4 Å². The second-order valence-corrected chi connectivity index (χ2v) is 17.4. The molecular weight excluding hydrogens is 857 g/mol. The number of para-hydroxylation sites is 1. The zero-order valence-corrected chi connectivity index (χ0v) is 41.5. The third-order valence-corrected chi connectivity index (χ3v) is 10.9. The van der Waals surface area contributed by atoms with E-state index in [-0.39, 0.29) is 52.9 Å². The standard InChI is InChI=1S/C52H74N4O11/c1-11-15-17-18-19-20-21-22-23-26-34-65-49(60)37(6)66-50(61)38-29-31-43(64-33-16-12-2)40(35-38)54-47(58)45(46(57)39-27-24-25-28-42(39)63-10)56(48(59)51(62)67-52(7,8)9)41-30-32-44(53-36(41)5)55(13-3)14-4/h24-25,27-32,35,37,45H,11-23,26,33-34H2,1-10H3,(H,54,58). The number of ether oxygens (including phenoxy) is 5. The first kappa shape index (κ1) is 55.3. The third kappa shape index (κ3) is 17.3. The van der Waals surface area contributed by atoms with Crippen molar-refractivity contribution in [3.8, 4) is 11.5 Å². The number of esters is 3. The number of aromatic nitrogens is 1. The molecule has 0 fully saturated rings. The highest BCUT2D eigenvalue weighted by atomic mass is 16.6. The predicted molar refractivity (Wildman–Crippen MR) is 260 cm³/mol. The molecule has 0 spiro atoms. The van der Waals surface area contributed by atoms with Gasteiger partial charge in [0.15, 0.2) is 17.9 Å². The number of carbonyl (C=O) groups is 6. The number of methoxy groups -OCH3 is 1. The number of Topliss-reactive ketones (excluding diaryl/α,β-unsaturated/α-hetero) is 1. The quantitative estimate of drug-likeness (QED) is 0.0182. The lowest BCUT2D eigenvalue weighted by Crippen LogP contribution is -2.55. The lowest BCUT2D eigenvalue weighted by Gasteiger charge is -2.32. The smallest absolute Gasteiger partial charge is 0.397 e. The molecule has 15 heteroatoms. The minimum Gasteiger partial charge on any atom is -0.496 e. The fourth-order valence-electron chi connectivity index (χ4n) is 7.22. The Morgan fingerprint density at radius 3 is 1.97 bits per heavy atom. The molecule has 0 aliphatic carbocycles. The van der Waals surface area contributed by atoms with Gasteiger partial charge in [0.05, 0.1) is 48.5 Å². The van der Waals surface area contributed by atoms with Crippen molar-refractivity contribution in [1.29, 1.82) is 0 Å². The number of hydrogen-bond donors (Lipinski definition) is 1. The molecule has 67 heavy (non-hydrogen) atoms. The highest BCUT2D eigenvalue weighted by Crippen LogP contribution is 2.32. The van der Waals surface area contributed by atoms with Gasteiger partial charge in [-0.2, -0.15) is 0 Å². The van der Waals surface area contributed by atoms with Crippen molar-refractivity contribution in [1.82, 2.24) is 4.98 Å². The number of amides is 2. The normalized spacial score (nSPS) is 12.0. The molecule has 0 aliphatic rings. The molecule has 2 amide bonds. The number of carbonyl (C=O) groups excluding carboxylic acids is 6. The molecule has 2 unspecified atom stereocenters. The van der Waals surface area contributed by atoms with Crippen molar-refractivity contribution in [2.75, 3.05) is 48.5 Å². The molecule has 15 nitrogen and oxygen atoms in total. The Kier molecular flexibility index (Phi) is 23.3. The van der Waals surface area contributed by atoms with Crippen LogP contribution in [0.1, 0.15) is 159 Å². The number of anilines is 3. The summed E-state index contributed by atoms with van der Waals surface area (Å²) in [7, 11) is 1.36. The molecule has 1 aromatic heterocycles. The molecule has 0 saturated heterocycles. The van der Waals surface area contributed by atoms with Gasteiger partial charge in [0.1, 0.15) is 22.9 Å². The van der Waals surface area contributed by atoms with Crippen LogP contribution in [0, 0.1) is 6.92 Å². The van der Waals surface area contributed by atoms with E-state index in [1.54, 1.807) is 45.9 Å². The van der Waals surface area contributed by atoms with Crippen molar-refractivity contribution in [2.45, 2.75) is 157 Å².